The first kappa shape index (κ1) is 18.3. The summed E-state index contributed by atoms with van der Waals surface area (Å²) in [6, 6.07) is 31.3. The minimum absolute atomic E-state index is 1.25. The summed E-state index contributed by atoms with van der Waals surface area (Å²) >= 11 is 0. The van der Waals surface area contributed by atoms with Crippen molar-refractivity contribution in [3.63, 3.8) is 0 Å². The van der Waals surface area contributed by atoms with Crippen LogP contribution < -0.4 is 0 Å². The second kappa shape index (κ2) is 7.48. The van der Waals surface area contributed by atoms with Gasteiger partial charge in [-0.3, -0.25) is 0 Å². The summed E-state index contributed by atoms with van der Waals surface area (Å²) in [7, 11) is 0. The standard InChI is InChI=1S/C28H26/c1-19-5-9-23(10-6-19)26-16-27(24-11-7-20(2)8-12-24)18-28(17-26)25-14-21(3)13-22(4)15-25/h5-18H,1-4H3. The van der Waals surface area contributed by atoms with Crippen molar-refractivity contribution < 1.29 is 0 Å². The zero-order chi connectivity index (χ0) is 19.7. The molecule has 0 bridgehead atoms. The minimum Gasteiger partial charge on any atom is -0.0587 e. The number of benzene rings is 4. The van der Waals surface area contributed by atoms with Gasteiger partial charge in [0.25, 0.3) is 0 Å². The molecule has 0 saturated carbocycles. The molecule has 4 aromatic rings. The van der Waals surface area contributed by atoms with Crippen molar-refractivity contribution in [1.29, 1.82) is 0 Å². The van der Waals surface area contributed by atoms with E-state index in [1.807, 2.05) is 0 Å². The third kappa shape index (κ3) is 3.92. The Morgan fingerprint density at radius 1 is 0.286 bits per heavy atom. The molecule has 0 heterocycles. The molecule has 0 heteroatoms. The molecule has 0 fully saturated rings. The lowest BCUT2D eigenvalue weighted by Crippen LogP contribution is -1.88. The third-order valence-electron chi connectivity index (χ3n) is 5.26. The Balaban J connectivity index is 1.92. The van der Waals surface area contributed by atoms with Gasteiger partial charge in [0, 0.05) is 0 Å². The van der Waals surface area contributed by atoms with E-state index in [0.29, 0.717) is 0 Å². The fourth-order valence-corrected chi connectivity index (χ4v) is 3.76. The fraction of sp³-hybridized carbons (Fsp3) is 0.143. The van der Waals surface area contributed by atoms with Crippen LogP contribution in [-0.2, 0) is 0 Å². The van der Waals surface area contributed by atoms with Gasteiger partial charge in [0.15, 0.2) is 0 Å². The molecule has 28 heavy (non-hydrogen) atoms. The second-order valence-electron chi connectivity index (χ2n) is 7.91. The summed E-state index contributed by atoms with van der Waals surface area (Å²) in [5.74, 6) is 0. The molecule has 4 aromatic carbocycles. The molecular weight excluding hydrogens is 336 g/mol. The highest BCUT2D eigenvalue weighted by molar-refractivity contribution is 5.81. The van der Waals surface area contributed by atoms with E-state index in [9.17, 15) is 0 Å². The van der Waals surface area contributed by atoms with Crippen LogP contribution in [0, 0.1) is 27.7 Å². The van der Waals surface area contributed by atoms with Crippen LogP contribution in [0.2, 0.25) is 0 Å². The van der Waals surface area contributed by atoms with Crippen LogP contribution in [0.1, 0.15) is 22.3 Å². The normalized spacial score (nSPS) is 10.9. The first-order chi connectivity index (χ1) is 13.5. The Morgan fingerprint density at radius 3 is 1.00 bits per heavy atom. The number of rotatable bonds is 3. The summed E-state index contributed by atoms with van der Waals surface area (Å²) < 4.78 is 0. The molecule has 4 rings (SSSR count). The fourth-order valence-electron chi connectivity index (χ4n) is 3.76. The Labute approximate surface area is 168 Å². The molecule has 0 N–H and O–H groups in total. The molecule has 138 valence electrons. The molecule has 0 spiro atoms. The second-order valence-corrected chi connectivity index (χ2v) is 7.91. The summed E-state index contributed by atoms with van der Waals surface area (Å²) in [5, 5.41) is 0. The maximum absolute atomic E-state index is 2.32. The number of hydrogen-bond acceptors (Lipinski definition) is 0. The Bertz CT molecular complexity index is 1030. The van der Waals surface area contributed by atoms with Gasteiger partial charge in [-0.25, -0.2) is 0 Å². The maximum Gasteiger partial charge on any atom is -0.0171 e. The topological polar surface area (TPSA) is 0 Å². The first-order valence-corrected chi connectivity index (χ1v) is 9.86. The van der Waals surface area contributed by atoms with Crippen LogP contribution in [0.15, 0.2) is 84.9 Å². The van der Waals surface area contributed by atoms with E-state index in [-0.39, 0.29) is 0 Å². The van der Waals surface area contributed by atoms with Crippen molar-refractivity contribution >= 4 is 0 Å². The molecule has 0 aliphatic rings. The van der Waals surface area contributed by atoms with Crippen molar-refractivity contribution in [3.8, 4) is 33.4 Å². The van der Waals surface area contributed by atoms with Gasteiger partial charge in [-0.1, -0.05) is 89.0 Å². The molecule has 0 atom stereocenters. The van der Waals surface area contributed by atoms with Crippen molar-refractivity contribution in [3.05, 3.63) is 107 Å². The quantitative estimate of drug-likeness (QED) is 0.347. The van der Waals surface area contributed by atoms with Crippen LogP contribution >= 0.6 is 0 Å². The molecular formula is C28H26. The summed E-state index contributed by atoms with van der Waals surface area (Å²) in [4.78, 5) is 0. The average molecular weight is 363 g/mol. The summed E-state index contributed by atoms with van der Waals surface area (Å²) in [6.45, 7) is 8.60. The van der Waals surface area contributed by atoms with E-state index >= 15 is 0 Å². The van der Waals surface area contributed by atoms with Gasteiger partial charge in [0.1, 0.15) is 0 Å². The largest absolute Gasteiger partial charge is 0.0587 e. The molecule has 0 aliphatic carbocycles. The SMILES string of the molecule is Cc1ccc(-c2cc(-c3ccc(C)cc3)cc(-c3cc(C)cc(C)c3)c2)cc1. The summed E-state index contributed by atoms with van der Waals surface area (Å²) in [5.41, 5.74) is 12.7. The first-order valence-electron chi connectivity index (χ1n) is 9.86. The Hall–Kier alpha value is -3.12. The van der Waals surface area contributed by atoms with Crippen LogP contribution in [0.5, 0.6) is 0 Å². The van der Waals surface area contributed by atoms with Crippen molar-refractivity contribution in [2.24, 2.45) is 0 Å². The van der Waals surface area contributed by atoms with Gasteiger partial charge in [0.05, 0.1) is 0 Å². The average Bonchev–Trinajstić information content (AvgIpc) is 2.68. The minimum atomic E-state index is 1.25. The van der Waals surface area contributed by atoms with E-state index in [1.165, 1.54) is 55.6 Å². The number of aryl methyl sites for hydroxylation is 4. The molecule has 0 aromatic heterocycles. The van der Waals surface area contributed by atoms with Gasteiger partial charge in [-0.2, -0.15) is 0 Å². The predicted octanol–water partition coefficient (Wildman–Crippen LogP) is 7.92. The van der Waals surface area contributed by atoms with Gasteiger partial charge in [-0.05, 0) is 79.3 Å². The molecule has 0 amide bonds. The molecule has 0 radical (unpaired) electrons. The van der Waals surface area contributed by atoms with E-state index in [2.05, 4.69) is 113 Å². The lowest BCUT2D eigenvalue weighted by atomic mass is 9.92. The molecule has 0 unspecified atom stereocenters. The molecule has 0 nitrogen and oxygen atoms in total. The highest BCUT2D eigenvalue weighted by atomic mass is 14.1. The van der Waals surface area contributed by atoms with E-state index < -0.39 is 0 Å². The Morgan fingerprint density at radius 2 is 0.607 bits per heavy atom. The molecule has 0 aliphatic heterocycles. The van der Waals surface area contributed by atoms with Crippen molar-refractivity contribution in [2.75, 3.05) is 0 Å². The van der Waals surface area contributed by atoms with Crippen LogP contribution in [0.3, 0.4) is 0 Å². The maximum atomic E-state index is 2.32. The van der Waals surface area contributed by atoms with E-state index in [0.717, 1.165) is 0 Å². The third-order valence-corrected chi connectivity index (χ3v) is 5.26. The highest BCUT2D eigenvalue weighted by Crippen LogP contribution is 2.33. The van der Waals surface area contributed by atoms with E-state index in [1.54, 1.807) is 0 Å². The number of hydrogen-bond donors (Lipinski definition) is 0. The monoisotopic (exact) mass is 362 g/mol. The predicted molar refractivity (Wildman–Crippen MR) is 122 cm³/mol. The van der Waals surface area contributed by atoms with Crippen molar-refractivity contribution in [1.82, 2.24) is 0 Å². The lowest BCUT2D eigenvalue weighted by molar-refractivity contribution is 1.38. The highest BCUT2D eigenvalue weighted by Gasteiger charge is 2.08. The smallest absolute Gasteiger partial charge is 0.0171 e. The summed E-state index contributed by atoms with van der Waals surface area (Å²) in [6.07, 6.45) is 0. The van der Waals surface area contributed by atoms with Gasteiger partial charge < -0.3 is 0 Å². The van der Waals surface area contributed by atoms with Gasteiger partial charge >= 0.3 is 0 Å². The van der Waals surface area contributed by atoms with Crippen LogP contribution in [0.25, 0.3) is 33.4 Å². The van der Waals surface area contributed by atoms with Gasteiger partial charge in [0.2, 0.25) is 0 Å². The zero-order valence-electron chi connectivity index (χ0n) is 17.1. The molecule has 0 saturated heterocycles. The van der Waals surface area contributed by atoms with Gasteiger partial charge in [-0.15, -0.1) is 0 Å². The van der Waals surface area contributed by atoms with Crippen molar-refractivity contribution in [2.45, 2.75) is 27.7 Å². The zero-order valence-corrected chi connectivity index (χ0v) is 17.1. The van der Waals surface area contributed by atoms with E-state index in [4.69, 9.17) is 0 Å². The van der Waals surface area contributed by atoms with Crippen LogP contribution in [-0.4, -0.2) is 0 Å². The van der Waals surface area contributed by atoms with Crippen LogP contribution in [0.4, 0.5) is 0 Å². The Kier molecular flexibility index (Phi) is 4.88. The lowest BCUT2D eigenvalue weighted by Gasteiger charge is -2.13.